The van der Waals surface area contributed by atoms with E-state index >= 15 is 0 Å². The van der Waals surface area contributed by atoms with Crippen molar-refractivity contribution in [3.63, 3.8) is 0 Å². The summed E-state index contributed by atoms with van der Waals surface area (Å²) >= 11 is 0. The fourth-order valence-corrected chi connectivity index (χ4v) is 0.536. The topological polar surface area (TPSA) is 46.3 Å². The molecule has 0 unspecified atom stereocenters. The molecule has 0 aliphatic heterocycles. The average molecular weight is 140 g/mol. The summed E-state index contributed by atoms with van der Waals surface area (Å²) in [6, 6.07) is 0.446. The molecule has 0 fully saturated rings. The van der Waals surface area contributed by atoms with Crippen LogP contribution in [0.5, 0.6) is 0 Å². The van der Waals surface area contributed by atoms with Gasteiger partial charge in [-0.25, -0.2) is 0 Å². The van der Waals surface area contributed by atoms with E-state index in [0.717, 1.165) is 0 Å². The van der Waals surface area contributed by atoms with Gasteiger partial charge in [0.05, 0.1) is 0 Å². The fourth-order valence-electron chi connectivity index (χ4n) is 0.536. The van der Waals surface area contributed by atoms with E-state index < -0.39 is 0 Å². The molecule has 10 heavy (non-hydrogen) atoms. The molecular formula is C6H8N2O2. The number of anilines is 1. The lowest BCUT2D eigenvalue weighted by Gasteiger charge is -2.02. The lowest BCUT2D eigenvalue weighted by Crippen LogP contribution is -2.08. The van der Waals surface area contributed by atoms with Crippen LogP contribution >= 0.6 is 0 Å². The van der Waals surface area contributed by atoms with Crippen molar-refractivity contribution in [1.29, 1.82) is 0 Å². The Morgan fingerprint density at radius 3 is 2.70 bits per heavy atom. The number of nitrogens with zero attached hydrogens (tertiary/aromatic N) is 2. The Morgan fingerprint density at radius 2 is 2.40 bits per heavy atom. The minimum atomic E-state index is 0.323. The van der Waals surface area contributed by atoms with Crippen LogP contribution < -0.4 is 4.90 Å². The fraction of sp³-hybridized carbons (Fsp3) is 0.333. The van der Waals surface area contributed by atoms with Crippen molar-refractivity contribution in [3.8, 4) is 0 Å². The first-order chi connectivity index (χ1) is 4.74. The molecule has 0 aliphatic carbocycles. The summed E-state index contributed by atoms with van der Waals surface area (Å²) in [7, 11) is 3.58. The van der Waals surface area contributed by atoms with Crippen molar-refractivity contribution in [3.05, 3.63) is 12.0 Å². The summed E-state index contributed by atoms with van der Waals surface area (Å²) in [5, 5.41) is 0. The third-order valence-electron chi connectivity index (χ3n) is 1.01. The zero-order valence-electron chi connectivity index (χ0n) is 5.87. The van der Waals surface area contributed by atoms with Crippen LogP contribution in [0.3, 0.4) is 0 Å². The molecule has 0 amide bonds. The smallest absolute Gasteiger partial charge is 0.297 e. The molecule has 0 spiro atoms. The highest BCUT2D eigenvalue weighted by Gasteiger charge is 2.02. The highest BCUT2D eigenvalue weighted by molar-refractivity contribution is 5.71. The third-order valence-corrected chi connectivity index (χ3v) is 1.01. The predicted molar refractivity (Wildman–Crippen MR) is 36.2 cm³/mol. The SMILES string of the molecule is CN(C)c1nc(C=O)co1. The largest absolute Gasteiger partial charge is 0.431 e. The second-order valence-corrected chi connectivity index (χ2v) is 2.07. The van der Waals surface area contributed by atoms with Gasteiger partial charge in [0.25, 0.3) is 6.01 Å². The molecule has 0 saturated carbocycles. The van der Waals surface area contributed by atoms with Crippen molar-refractivity contribution in [2.75, 3.05) is 19.0 Å². The van der Waals surface area contributed by atoms with Crippen LogP contribution in [0.15, 0.2) is 10.7 Å². The highest BCUT2D eigenvalue weighted by atomic mass is 16.4. The van der Waals surface area contributed by atoms with Gasteiger partial charge in [0.2, 0.25) is 0 Å². The Balaban J connectivity index is 2.88. The van der Waals surface area contributed by atoms with E-state index in [-0.39, 0.29) is 0 Å². The first kappa shape index (κ1) is 6.80. The summed E-state index contributed by atoms with van der Waals surface area (Å²) < 4.78 is 4.90. The van der Waals surface area contributed by atoms with E-state index in [1.165, 1.54) is 6.26 Å². The average Bonchev–Trinajstić information content (AvgIpc) is 2.34. The van der Waals surface area contributed by atoms with Gasteiger partial charge < -0.3 is 9.32 Å². The zero-order chi connectivity index (χ0) is 7.56. The maximum Gasteiger partial charge on any atom is 0.297 e. The molecule has 1 heterocycles. The molecule has 0 saturated heterocycles. The van der Waals surface area contributed by atoms with Gasteiger partial charge in [0.15, 0.2) is 6.29 Å². The summed E-state index contributed by atoms with van der Waals surface area (Å²) in [4.78, 5) is 15.6. The van der Waals surface area contributed by atoms with E-state index in [1.807, 2.05) is 0 Å². The number of rotatable bonds is 2. The van der Waals surface area contributed by atoms with E-state index in [0.29, 0.717) is 18.0 Å². The maximum atomic E-state index is 10.1. The van der Waals surface area contributed by atoms with Crippen LogP contribution in [0.1, 0.15) is 10.5 Å². The number of aromatic nitrogens is 1. The van der Waals surface area contributed by atoms with Gasteiger partial charge in [-0.1, -0.05) is 0 Å². The van der Waals surface area contributed by atoms with Crippen LogP contribution in [-0.2, 0) is 0 Å². The third kappa shape index (κ3) is 1.15. The molecule has 4 nitrogen and oxygen atoms in total. The molecule has 0 atom stereocenters. The molecule has 54 valence electrons. The lowest BCUT2D eigenvalue weighted by atomic mass is 10.6. The first-order valence-electron chi connectivity index (χ1n) is 2.82. The molecule has 1 aromatic rings. The van der Waals surface area contributed by atoms with Crippen molar-refractivity contribution in [2.45, 2.75) is 0 Å². The summed E-state index contributed by atoms with van der Waals surface area (Å²) in [5.41, 5.74) is 0.323. The normalized spacial score (nSPS) is 9.40. The van der Waals surface area contributed by atoms with Gasteiger partial charge in [-0.05, 0) is 0 Å². The number of aldehydes is 1. The van der Waals surface area contributed by atoms with Crippen molar-refractivity contribution >= 4 is 12.3 Å². The Kier molecular flexibility index (Phi) is 1.71. The Labute approximate surface area is 58.5 Å². The molecule has 1 aromatic heterocycles. The van der Waals surface area contributed by atoms with Crippen molar-refractivity contribution < 1.29 is 9.21 Å². The Morgan fingerprint density at radius 1 is 1.70 bits per heavy atom. The molecular weight excluding hydrogens is 132 g/mol. The molecule has 0 bridgehead atoms. The minimum absolute atomic E-state index is 0.323. The summed E-state index contributed by atoms with van der Waals surface area (Å²) in [6.45, 7) is 0. The molecule has 4 heteroatoms. The van der Waals surface area contributed by atoms with Crippen LogP contribution in [0.2, 0.25) is 0 Å². The van der Waals surface area contributed by atoms with Crippen LogP contribution in [0, 0.1) is 0 Å². The highest BCUT2D eigenvalue weighted by Crippen LogP contribution is 2.07. The quantitative estimate of drug-likeness (QED) is 0.563. The standard InChI is InChI=1S/C6H8N2O2/c1-8(2)6-7-5(3-9)4-10-6/h3-4H,1-2H3. The number of oxazole rings is 1. The van der Waals surface area contributed by atoms with Crippen LogP contribution in [0.25, 0.3) is 0 Å². The molecule has 0 N–H and O–H groups in total. The van der Waals surface area contributed by atoms with E-state index in [2.05, 4.69) is 4.98 Å². The first-order valence-corrected chi connectivity index (χ1v) is 2.82. The maximum absolute atomic E-state index is 10.1. The van der Waals surface area contributed by atoms with Crippen molar-refractivity contribution in [2.24, 2.45) is 0 Å². The summed E-state index contributed by atoms with van der Waals surface area (Å²) in [6.07, 6.45) is 1.97. The van der Waals surface area contributed by atoms with Gasteiger partial charge in [0.1, 0.15) is 12.0 Å². The Bertz CT molecular complexity index is 229. The zero-order valence-corrected chi connectivity index (χ0v) is 5.87. The number of hydrogen-bond donors (Lipinski definition) is 0. The second-order valence-electron chi connectivity index (χ2n) is 2.07. The Hall–Kier alpha value is -1.32. The van der Waals surface area contributed by atoms with Gasteiger partial charge >= 0.3 is 0 Å². The van der Waals surface area contributed by atoms with Crippen LogP contribution in [0.4, 0.5) is 6.01 Å². The van der Waals surface area contributed by atoms with Gasteiger partial charge in [0, 0.05) is 14.1 Å². The van der Waals surface area contributed by atoms with Gasteiger partial charge in [-0.15, -0.1) is 0 Å². The molecule has 0 aliphatic rings. The second kappa shape index (κ2) is 2.51. The van der Waals surface area contributed by atoms with Crippen LogP contribution in [-0.4, -0.2) is 25.4 Å². The van der Waals surface area contributed by atoms with E-state index in [1.54, 1.807) is 19.0 Å². The monoisotopic (exact) mass is 140 g/mol. The summed E-state index contributed by atoms with van der Waals surface area (Å²) in [5.74, 6) is 0. The minimum Gasteiger partial charge on any atom is -0.431 e. The molecule has 0 aromatic carbocycles. The van der Waals surface area contributed by atoms with Crippen molar-refractivity contribution in [1.82, 2.24) is 4.98 Å². The molecule has 1 rings (SSSR count). The predicted octanol–water partition coefficient (Wildman–Crippen LogP) is 0.553. The molecule has 0 radical (unpaired) electrons. The lowest BCUT2D eigenvalue weighted by molar-refractivity contribution is 0.111. The number of hydrogen-bond acceptors (Lipinski definition) is 4. The van der Waals surface area contributed by atoms with Gasteiger partial charge in [-0.2, -0.15) is 4.98 Å². The van der Waals surface area contributed by atoms with E-state index in [9.17, 15) is 4.79 Å². The number of carbonyl (C=O) groups excluding carboxylic acids is 1. The number of carbonyl (C=O) groups is 1. The van der Waals surface area contributed by atoms with E-state index in [4.69, 9.17) is 4.42 Å². The van der Waals surface area contributed by atoms with Gasteiger partial charge in [-0.3, -0.25) is 4.79 Å².